The Labute approximate surface area is 107 Å². The Hall–Kier alpha value is -1.59. The number of methoxy groups -OCH3 is 1. The zero-order chi connectivity index (χ0) is 12.4. The van der Waals surface area contributed by atoms with Crippen LogP contribution in [0.5, 0.6) is 0 Å². The van der Waals surface area contributed by atoms with E-state index in [1.807, 2.05) is 6.07 Å². The lowest BCUT2D eigenvalue weighted by Gasteiger charge is -2.01. The van der Waals surface area contributed by atoms with Gasteiger partial charge in [0.05, 0.1) is 12.0 Å². The van der Waals surface area contributed by atoms with Gasteiger partial charge in [0.2, 0.25) is 0 Å². The zero-order valence-corrected chi connectivity index (χ0v) is 10.5. The minimum Gasteiger partial charge on any atom is -0.464 e. The molecule has 2 aromatic rings. The highest BCUT2D eigenvalue weighted by molar-refractivity contribution is 7.19. The number of nitrogen functional groups attached to an aromatic ring is 1. The third kappa shape index (κ3) is 2.40. The fraction of sp³-hybridized carbons (Fsp3) is 0.0909. The van der Waals surface area contributed by atoms with Crippen molar-refractivity contribution in [2.24, 2.45) is 0 Å². The summed E-state index contributed by atoms with van der Waals surface area (Å²) in [5, 5.41) is 0.908. The van der Waals surface area contributed by atoms with Gasteiger partial charge in [-0.15, -0.1) is 0 Å². The van der Waals surface area contributed by atoms with E-state index in [-0.39, 0.29) is 5.69 Å². The summed E-state index contributed by atoms with van der Waals surface area (Å²) in [4.78, 5) is 16.2. The molecule has 0 aliphatic rings. The first-order chi connectivity index (χ1) is 8.11. The fourth-order valence-corrected chi connectivity index (χ4v) is 2.40. The molecule has 1 aromatic heterocycles. The summed E-state index contributed by atoms with van der Waals surface area (Å²) >= 11 is 7.13. The standard InChI is InChI=1S/C11H9ClN2O2S/c1-16-10(15)8-9(17-11(13)14-8)6-3-2-4-7(12)5-6/h2-5H,1H3,(H2,13,14). The van der Waals surface area contributed by atoms with E-state index in [0.717, 1.165) is 5.56 Å². The molecule has 0 atom stereocenters. The molecule has 0 aliphatic heterocycles. The van der Waals surface area contributed by atoms with Crippen molar-refractivity contribution in [3.8, 4) is 10.4 Å². The first-order valence-electron chi connectivity index (χ1n) is 4.72. The lowest BCUT2D eigenvalue weighted by atomic mass is 10.1. The van der Waals surface area contributed by atoms with E-state index in [2.05, 4.69) is 9.72 Å². The highest BCUT2D eigenvalue weighted by Crippen LogP contribution is 2.33. The minimum atomic E-state index is -0.507. The largest absolute Gasteiger partial charge is 0.464 e. The van der Waals surface area contributed by atoms with Gasteiger partial charge in [-0.3, -0.25) is 0 Å². The van der Waals surface area contributed by atoms with Gasteiger partial charge in [-0.05, 0) is 17.7 Å². The molecule has 2 rings (SSSR count). The van der Waals surface area contributed by atoms with E-state index >= 15 is 0 Å². The molecule has 1 aromatic carbocycles. The van der Waals surface area contributed by atoms with Crippen molar-refractivity contribution < 1.29 is 9.53 Å². The number of thiazole rings is 1. The molecule has 0 fully saturated rings. The molecule has 0 radical (unpaired) electrons. The summed E-state index contributed by atoms with van der Waals surface area (Å²) in [6.45, 7) is 0. The normalized spacial score (nSPS) is 10.2. The second-order valence-corrected chi connectivity index (χ2v) is 4.70. The zero-order valence-electron chi connectivity index (χ0n) is 8.94. The maximum Gasteiger partial charge on any atom is 0.358 e. The lowest BCUT2D eigenvalue weighted by molar-refractivity contribution is 0.0596. The molecule has 4 nitrogen and oxygen atoms in total. The monoisotopic (exact) mass is 268 g/mol. The van der Waals surface area contributed by atoms with Crippen LogP contribution in [-0.2, 0) is 4.74 Å². The second kappa shape index (κ2) is 4.73. The number of nitrogens with two attached hydrogens (primary N) is 1. The quantitative estimate of drug-likeness (QED) is 0.851. The van der Waals surface area contributed by atoms with Crippen LogP contribution < -0.4 is 5.73 Å². The Morgan fingerprint density at radius 1 is 1.53 bits per heavy atom. The summed E-state index contributed by atoms with van der Waals surface area (Å²) < 4.78 is 4.66. The first-order valence-corrected chi connectivity index (χ1v) is 5.92. The molecular weight excluding hydrogens is 260 g/mol. The Kier molecular flexibility index (Phi) is 3.31. The van der Waals surface area contributed by atoms with Gasteiger partial charge < -0.3 is 10.5 Å². The number of carbonyl (C=O) groups excluding carboxylic acids is 1. The Morgan fingerprint density at radius 3 is 2.94 bits per heavy atom. The summed E-state index contributed by atoms with van der Waals surface area (Å²) in [6, 6.07) is 7.15. The van der Waals surface area contributed by atoms with Gasteiger partial charge in [-0.2, -0.15) is 0 Å². The van der Waals surface area contributed by atoms with E-state index < -0.39 is 5.97 Å². The van der Waals surface area contributed by atoms with E-state index in [0.29, 0.717) is 15.0 Å². The van der Waals surface area contributed by atoms with Gasteiger partial charge in [-0.1, -0.05) is 35.1 Å². The molecule has 0 bridgehead atoms. The van der Waals surface area contributed by atoms with Gasteiger partial charge in [0.1, 0.15) is 0 Å². The topological polar surface area (TPSA) is 65.2 Å². The maximum absolute atomic E-state index is 11.5. The molecule has 0 saturated carbocycles. The number of hydrogen-bond donors (Lipinski definition) is 1. The van der Waals surface area contributed by atoms with Gasteiger partial charge in [0.25, 0.3) is 0 Å². The predicted octanol–water partition coefficient (Wildman–Crippen LogP) is 2.83. The lowest BCUT2D eigenvalue weighted by Crippen LogP contribution is -2.03. The predicted molar refractivity (Wildman–Crippen MR) is 68.3 cm³/mol. The van der Waals surface area contributed by atoms with E-state index in [4.69, 9.17) is 17.3 Å². The molecule has 1 heterocycles. The number of halogens is 1. The van der Waals surface area contributed by atoms with Crippen LogP contribution >= 0.6 is 22.9 Å². The van der Waals surface area contributed by atoms with Crippen LogP contribution in [0.25, 0.3) is 10.4 Å². The molecule has 17 heavy (non-hydrogen) atoms. The number of ether oxygens (including phenoxy) is 1. The highest BCUT2D eigenvalue weighted by Gasteiger charge is 2.19. The van der Waals surface area contributed by atoms with Gasteiger partial charge in [0, 0.05) is 5.02 Å². The van der Waals surface area contributed by atoms with Crippen molar-refractivity contribution in [3.63, 3.8) is 0 Å². The molecule has 0 aliphatic carbocycles. The van der Waals surface area contributed by atoms with Crippen molar-refractivity contribution in [2.45, 2.75) is 0 Å². The number of rotatable bonds is 2. The molecule has 0 saturated heterocycles. The average Bonchev–Trinajstić information content (AvgIpc) is 2.70. The SMILES string of the molecule is COC(=O)c1nc(N)sc1-c1cccc(Cl)c1. The number of anilines is 1. The number of benzene rings is 1. The Balaban J connectivity index is 2.55. The number of hydrogen-bond acceptors (Lipinski definition) is 5. The molecule has 88 valence electrons. The van der Waals surface area contributed by atoms with Gasteiger partial charge in [-0.25, -0.2) is 9.78 Å². The van der Waals surface area contributed by atoms with Crippen molar-refractivity contribution in [2.75, 3.05) is 12.8 Å². The highest BCUT2D eigenvalue weighted by atomic mass is 35.5. The fourth-order valence-electron chi connectivity index (χ4n) is 1.40. The van der Waals surface area contributed by atoms with E-state index in [1.165, 1.54) is 18.4 Å². The number of aromatic nitrogens is 1. The summed E-state index contributed by atoms with van der Waals surface area (Å²) in [7, 11) is 1.31. The van der Waals surface area contributed by atoms with Crippen LogP contribution in [0.1, 0.15) is 10.5 Å². The van der Waals surface area contributed by atoms with E-state index in [9.17, 15) is 4.79 Å². The van der Waals surface area contributed by atoms with Crippen LogP contribution in [-0.4, -0.2) is 18.1 Å². The first kappa shape index (κ1) is 11.9. The van der Waals surface area contributed by atoms with Gasteiger partial charge >= 0.3 is 5.97 Å². The molecule has 0 spiro atoms. The molecule has 2 N–H and O–H groups in total. The van der Waals surface area contributed by atoms with E-state index in [1.54, 1.807) is 18.2 Å². The van der Waals surface area contributed by atoms with Crippen molar-refractivity contribution in [3.05, 3.63) is 35.0 Å². The van der Waals surface area contributed by atoms with Crippen molar-refractivity contribution in [1.82, 2.24) is 4.98 Å². The molecular formula is C11H9ClN2O2S. The summed E-state index contributed by atoms with van der Waals surface area (Å²) in [6.07, 6.45) is 0. The molecule has 0 unspecified atom stereocenters. The van der Waals surface area contributed by atoms with Crippen molar-refractivity contribution >= 4 is 34.0 Å². The number of nitrogens with zero attached hydrogens (tertiary/aromatic N) is 1. The van der Waals surface area contributed by atoms with Crippen LogP contribution in [0.4, 0.5) is 5.13 Å². The smallest absolute Gasteiger partial charge is 0.358 e. The minimum absolute atomic E-state index is 0.220. The van der Waals surface area contributed by atoms with Crippen LogP contribution in [0.3, 0.4) is 0 Å². The number of carbonyl (C=O) groups is 1. The Bertz CT molecular complexity index is 568. The summed E-state index contributed by atoms with van der Waals surface area (Å²) in [5.41, 5.74) is 6.63. The van der Waals surface area contributed by atoms with Crippen LogP contribution in [0.15, 0.2) is 24.3 Å². The van der Waals surface area contributed by atoms with Gasteiger partial charge in [0.15, 0.2) is 10.8 Å². The number of esters is 1. The Morgan fingerprint density at radius 2 is 2.29 bits per heavy atom. The second-order valence-electron chi connectivity index (χ2n) is 3.23. The summed E-state index contributed by atoms with van der Waals surface area (Å²) in [5.74, 6) is -0.507. The average molecular weight is 269 g/mol. The van der Waals surface area contributed by atoms with Crippen LogP contribution in [0, 0.1) is 0 Å². The van der Waals surface area contributed by atoms with Crippen molar-refractivity contribution in [1.29, 1.82) is 0 Å². The maximum atomic E-state index is 11.5. The third-order valence-electron chi connectivity index (χ3n) is 2.11. The third-order valence-corrected chi connectivity index (χ3v) is 3.28. The molecule has 6 heteroatoms. The molecule has 0 amide bonds. The van der Waals surface area contributed by atoms with Crippen LogP contribution in [0.2, 0.25) is 5.02 Å².